The second-order valence-corrected chi connectivity index (χ2v) is 16.0. The molecular formula is C3H5Cl3GeO2. The number of ether oxygens (including phenoxy) is 1. The van der Waals surface area contributed by atoms with Crippen molar-refractivity contribution in [1.29, 1.82) is 0 Å². The van der Waals surface area contributed by atoms with E-state index in [0.717, 1.165) is 0 Å². The normalized spacial score (nSPS) is 11.1. The van der Waals surface area contributed by atoms with Crippen molar-refractivity contribution in [1.82, 2.24) is 0 Å². The fourth-order valence-electron chi connectivity index (χ4n) is 0.213. The molecule has 0 aliphatic carbocycles. The number of hydrogen-bond donors (Lipinski definition) is 0. The zero-order valence-corrected chi connectivity index (χ0v) is 9.02. The van der Waals surface area contributed by atoms with E-state index in [2.05, 4.69) is 4.74 Å². The van der Waals surface area contributed by atoms with Crippen molar-refractivity contribution in [2.45, 2.75) is 6.92 Å². The van der Waals surface area contributed by atoms with E-state index in [1.54, 1.807) is 6.92 Å². The molecule has 0 fully saturated rings. The van der Waals surface area contributed by atoms with E-state index in [4.69, 9.17) is 30.0 Å². The van der Waals surface area contributed by atoms with Gasteiger partial charge in [0.2, 0.25) is 0 Å². The summed E-state index contributed by atoms with van der Waals surface area (Å²) >= 11 is 0. The molecule has 6 heteroatoms. The Kier molecular flexibility index (Phi) is 4.29. The monoisotopic (exact) mass is 252 g/mol. The number of hydrogen-bond acceptors (Lipinski definition) is 2. The van der Waals surface area contributed by atoms with E-state index in [9.17, 15) is 4.79 Å². The molecule has 0 aliphatic heterocycles. The zero-order chi connectivity index (χ0) is 7.49. The van der Waals surface area contributed by atoms with Gasteiger partial charge in [-0.05, 0) is 0 Å². The molecule has 0 amide bonds. The molecule has 9 heavy (non-hydrogen) atoms. The molecule has 0 rings (SSSR count). The van der Waals surface area contributed by atoms with Crippen LogP contribution in [-0.4, -0.2) is 21.9 Å². The van der Waals surface area contributed by atoms with Gasteiger partial charge in [-0.3, -0.25) is 0 Å². The van der Waals surface area contributed by atoms with E-state index in [0.29, 0.717) is 0 Å². The fourth-order valence-corrected chi connectivity index (χ4v) is 1.71. The van der Waals surface area contributed by atoms with Crippen LogP contribution in [0.3, 0.4) is 0 Å². The molecule has 0 aromatic rings. The van der Waals surface area contributed by atoms with Gasteiger partial charge in [0.05, 0.1) is 0 Å². The zero-order valence-electron chi connectivity index (χ0n) is 4.66. The number of halogens is 3. The van der Waals surface area contributed by atoms with E-state index >= 15 is 0 Å². The molecule has 0 saturated heterocycles. The molecule has 0 saturated carbocycles. The van der Waals surface area contributed by atoms with Gasteiger partial charge < -0.3 is 0 Å². The SMILES string of the molecule is CCO[C](=O)[Ge]([Cl])([Cl])[Cl]. The van der Waals surface area contributed by atoms with Crippen molar-refractivity contribution in [3.8, 4) is 0 Å². The van der Waals surface area contributed by atoms with Gasteiger partial charge in [-0.25, -0.2) is 0 Å². The van der Waals surface area contributed by atoms with Gasteiger partial charge in [-0.2, -0.15) is 0 Å². The maximum atomic E-state index is 10.5. The first-order valence-corrected chi connectivity index (χ1v) is 11.5. The molecule has 0 aromatic heterocycles. The molecule has 0 unspecified atom stereocenters. The van der Waals surface area contributed by atoms with Crippen LogP contribution in [0.25, 0.3) is 0 Å². The van der Waals surface area contributed by atoms with Gasteiger partial charge >= 0.3 is 68.4 Å². The summed E-state index contributed by atoms with van der Waals surface area (Å²) in [7, 11) is 12.2. The van der Waals surface area contributed by atoms with Crippen LogP contribution in [0, 0.1) is 0 Å². The quantitative estimate of drug-likeness (QED) is 0.705. The van der Waals surface area contributed by atoms with E-state index < -0.39 is 15.3 Å². The Balaban J connectivity index is 3.74. The Hall–Kier alpha value is 0.883. The first kappa shape index (κ1) is 9.88. The Morgan fingerprint density at radius 1 is 1.56 bits per heavy atom. The van der Waals surface area contributed by atoms with Crippen LogP contribution in [0.2, 0.25) is 0 Å². The molecule has 0 spiro atoms. The van der Waals surface area contributed by atoms with Gasteiger partial charge in [0, 0.05) is 0 Å². The molecule has 0 radical (unpaired) electrons. The van der Waals surface area contributed by atoms with E-state index in [-0.39, 0.29) is 6.61 Å². The summed E-state index contributed by atoms with van der Waals surface area (Å²) in [5.41, 5.74) is 0. The third-order valence-electron chi connectivity index (χ3n) is 0.507. The summed E-state index contributed by atoms with van der Waals surface area (Å²) in [5, 5.41) is 0. The first-order valence-electron chi connectivity index (χ1n) is 2.22. The van der Waals surface area contributed by atoms with Crippen molar-refractivity contribution in [2.75, 3.05) is 6.61 Å². The molecule has 54 valence electrons. The molecule has 0 atom stereocenters. The summed E-state index contributed by atoms with van der Waals surface area (Å²) in [4.78, 5) is 9.88. The van der Waals surface area contributed by atoms with Crippen LogP contribution in [0.15, 0.2) is 0 Å². The molecular weight excluding hydrogens is 247 g/mol. The van der Waals surface area contributed by atoms with Crippen LogP contribution < -0.4 is 0 Å². The number of carbonyl (C=O) groups is 1. The van der Waals surface area contributed by atoms with Crippen molar-refractivity contribution in [3.63, 3.8) is 0 Å². The van der Waals surface area contributed by atoms with Crippen molar-refractivity contribution >= 4 is 45.3 Å². The second-order valence-electron chi connectivity index (χ2n) is 1.22. The first-order chi connectivity index (χ1) is 3.98. The van der Waals surface area contributed by atoms with Gasteiger partial charge in [0.15, 0.2) is 0 Å². The third kappa shape index (κ3) is 4.31. The van der Waals surface area contributed by atoms with Crippen LogP contribution in [0.5, 0.6) is 0 Å². The topological polar surface area (TPSA) is 26.3 Å². The van der Waals surface area contributed by atoms with Crippen molar-refractivity contribution in [3.05, 3.63) is 0 Å². The number of rotatable bonds is 2. The molecule has 0 bridgehead atoms. The Morgan fingerprint density at radius 3 is 2.11 bits per heavy atom. The van der Waals surface area contributed by atoms with Crippen LogP contribution in [0.1, 0.15) is 6.92 Å². The van der Waals surface area contributed by atoms with Gasteiger partial charge in [-0.1, -0.05) is 0 Å². The average molecular weight is 252 g/mol. The predicted octanol–water partition coefficient (Wildman–Crippen LogP) is 2.38. The molecule has 0 N–H and O–H groups in total. The van der Waals surface area contributed by atoms with Gasteiger partial charge in [-0.15, -0.1) is 0 Å². The van der Waals surface area contributed by atoms with E-state index in [1.165, 1.54) is 0 Å². The minimum atomic E-state index is -3.68. The van der Waals surface area contributed by atoms with Gasteiger partial charge in [0.25, 0.3) is 0 Å². The molecule has 0 heterocycles. The predicted molar refractivity (Wildman–Crippen MR) is 40.3 cm³/mol. The second kappa shape index (κ2) is 3.91. The van der Waals surface area contributed by atoms with Gasteiger partial charge in [0.1, 0.15) is 0 Å². The standard InChI is InChI=1S/C3H5Cl3GeO2/c1-2-9-3(8)7(4,5)6/h2H2,1H3. The summed E-state index contributed by atoms with van der Waals surface area (Å²) < 4.78 is 4.45. The Bertz CT molecular complexity index is 110. The Morgan fingerprint density at radius 2 is 2.00 bits per heavy atom. The average Bonchev–Trinajstić information content (AvgIpc) is 1.64. The minimum absolute atomic E-state index is 0.262. The van der Waals surface area contributed by atoms with Crippen LogP contribution in [-0.2, 0) is 4.74 Å². The van der Waals surface area contributed by atoms with Crippen molar-refractivity contribution in [2.24, 2.45) is 0 Å². The Labute approximate surface area is 68.3 Å². The van der Waals surface area contributed by atoms with Crippen LogP contribution in [0.4, 0.5) is 4.79 Å². The third-order valence-corrected chi connectivity index (χ3v) is 4.19. The molecule has 0 aromatic carbocycles. The summed E-state index contributed by atoms with van der Waals surface area (Å²) in [6.45, 7) is 1.93. The maximum absolute atomic E-state index is 10.5. The van der Waals surface area contributed by atoms with Crippen molar-refractivity contribution < 1.29 is 9.53 Å². The number of carbonyl (C=O) groups excluding carboxylic acids is 1. The summed E-state index contributed by atoms with van der Waals surface area (Å²) in [5.74, 6) is 0. The van der Waals surface area contributed by atoms with E-state index in [1.807, 2.05) is 0 Å². The summed E-state index contributed by atoms with van der Waals surface area (Å²) in [6, 6.07) is 0. The summed E-state index contributed by atoms with van der Waals surface area (Å²) in [6.07, 6.45) is 0. The molecule has 2 nitrogen and oxygen atoms in total. The van der Waals surface area contributed by atoms with Crippen LogP contribution >= 0.6 is 30.0 Å². The molecule has 0 aliphatic rings. The fraction of sp³-hybridized carbons (Fsp3) is 0.667.